The van der Waals surface area contributed by atoms with Crippen LogP contribution in [0.4, 0.5) is 0 Å². The highest BCUT2D eigenvalue weighted by Gasteiger charge is 2.36. The normalized spacial score (nSPS) is 30.5. The van der Waals surface area contributed by atoms with Crippen molar-refractivity contribution in [2.24, 2.45) is 34.5 Å². The van der Waals surface area contributed by atoms with E-state index in [1.807, 2.05) is 0 Å². The zero-order chi connectivity index (χ0) is 19.5. The van der Waals surface area contributed by atoms with Gasteiger partial charge in [-0.3, -0.25) is 0 Å². The van der Waals surface area contributed by atoms with Crippen molar-refractivity contribution in [1.29, 1.82) is 0 Å². The Bertz CT molecular complexity index is 435. The van der Waals surface area contributed by atoms with Crippen LogP contribution >= 0.6 is 0 Å². The topological polar surface area (TPSA) is 52.6 Å². The van der Waals surface area contributed by atoms with Crippen molar-refractivity contribution >= 4 is 11.9 Å². The standard InChI is InChI=1S/C22H38O4/c1-21(2,3)17-11-7-15(8-12-17)19(23)25-26-20(24)16-9-13-18(14-10-16)22(4,5)6/h15-18H,7-14H2,1-6H3. The Hall–Kier alpha value is -1.06. The number of hydrogen-bond acceptors (Lipinski definition) is 4. The van der Waals surface area contributed by atoms with Crippen LogP contribution in [0, 0.1) is 34.5 Å². The summed E-state index contributed by atoms with van der Waals surface area (Å²) >= 11 is 0. The van der Waals surface area contributed by atoms with Gasteiger partial charge in [-0.15, -0.1) is 0 Å². The lowest BCUT2D eigenvalue weighted by Crippen LogP contribution is -2.32. The van der Waals surface area contributed by atoms with Crippen LogP contribution in [-0.4, -0.2) is 11.9 Å². The van der Waals surface area contributed by atoms with Crippen LogP contribution in [0.3, 0.4) is 0 Å². The summed E-state index contributed by atoms with van der Waals surface area (Å²) in [5.74, 6) is 0.304. The Labute approximate surface area is 159 Å². The molecule has 0 aromatic carbocycles. The molecule has 2 aliphatic carbocycles. The molecule has 2 fully saturated rings. The highest BCUT2D eigenvalue weighted by Crippen LogP contribution is 2.41. The third kappa shape index (κ3) is 5.72. The zero-order valence-corrected chi connectivity index (χ0v) is 17.6. The molecule has 0 saturated heterocycles. The molecular formula is C22H38O4. The fraction of sp³-hybridized carbons (Fsp3) is 0.909. The quantitative estimate of drug-likeness (QED) is 0.465. The summed E-state index contributed by atoms with van der Waals surface area (Å²) in [6, 6.07) is 0. The molecule has 0 spiro atoms. The SMILES string of the molecule is CC(C)(C)C1CCC(C(=O)OOC(=O)C2CCC(C(C)(C)C)CC2)CC1. The van der Waals surface area contributed by atoms with Crippen LogP contribution in [0.5, 0.6) is 0 Å². The summed E-state index contributed by atoms with van der Waals surface area (Å²) < 4.78 is 0. The summed E-state index contributed by atoms with van der Waals surface area (Å²) in [6.07, 6.45) is 7.46. The van der Waals surface area contributed by atoms with Crippen LogP contribution in [0.1, 0.15) is 92.9 Å². The zero-order valence-electron chi connectivity index (χ0n) is 17.6. The average molecular weight is 367 g/mol. The Morgan fingerprint density at radius 1 is 0.577 bits per heavy atom. The summed E-state index contributed by atoms with van der Waals surface area (Å²) in [7, 11) is 0. The van der Waals surface area contributed by atoms with Crippen LogP contribution < -0.4 is 0 Å². The van der Waals surface area contributed by atoms with Crippen molar-refractivity contribution in [3.05, 3.63) is 0 Å². The molecule has 0 aromatic rings. The van der Waals surface area contributed by atoms with Gasteiger partial charge in [0.25, 0.3) is 0 Å². The molecule has 0 unspecified atom stereocenters. The van der Waals surface area contributed by atoms with E-state index in [2.05, 4.69) is 41.5 Å². The van der Waals surface area contributed by atoms with E-state index in [4.69, 9.17) is 9.78 Å². The second-order valence-corrected chi connectivity index (χ2v) is 10.6. The first kappa shape index (κ1) is 21.2. The monoisotopic (exact) mass is 366 g/mol. The van der Waals surface area contributed by atoms with Gasteiger partial charge >= 0.3 is 11.9 Å². The van der Waals surface area contributed by atoms with Gasteiger partial charge in [0.1, 0.15) is 0 Å². The Balaban J connectivity index is 1.71. The second-order valence-electron chi connectivity index (χ2n) is 10.6. The molecule has 26 heavy (non-hydrogen) atoms. The lowest BCUT2D eigenvalue weighted by atomic mass is 9.70. The predicted octanol–water partition coefficient (Wildman–Crippen LogP) is 5.69. The maximum Gasteiger partial charge on any atom is 0.358 e. The Morgan fingerprint density at radius 2 is 0.846 bits per heavy atom. The first-order chi connectivity index (χ1) is 12.0. The molecule has 2 aliphatic rings. The minimum atomic E-state index is -0.367. The van der Waals surface area contributed by atoms with Gasteiger partial charge in [-0.25, -0.2) is 19.4 Å². The third-order valence-corrected chi connectivity index (χ3v) is 6.78. The van der Waals surface area contributed by atoms with Gasteiger partial charge in [0.2, 0.25) is 0 Å². The molecule has 0 heterocycles. The van der Waals surface area contributed by atoms with E-state index in [1.54, 1.807) is 0 Å². The van der Waals surface area contributed by atoms with E-state index in [0.717, 1.165) is 51.4 Å². The molecule has 4 heteroatoms. The van der Waals surface area contributed by atoms with E-state index in [-0.39, 0.29) is 34.6 Å². The molecular weight excluding hydrogens is 328 g/mol. The molecule has 0 aliphatic heterocycles. The number of carbonyl (C=O) groups is 2. The molecule has 0 bridgehead atoms. The predicted molar refractivity (Wildman–Crippen MR) is 102 cm³/mol. The van der Waals surface area contributed by atoms with Gasteiger partial charge in [0.05, 0.1) is 11.8 Å². The molecule has 0 amide bonds. The van der Waals surface area contributed by atoms with Crippen molar-refractivity contribution < 1.29 is 19.4 Å². The molecule has 0 atom stereocenters. The molecule has 4 nitrogen and oxygen atoms in total. The maximum atomic E-state index is 12.2. The third-order valence-electron chi connectivity index (χ3n) is 6.78. The molecule has 2 saturated carbocycles. The van der Waals surface area contributed by atoms with E-state index in [1.165, 1.54) is 0 Å². The van der Waals surface area contributed by atoms with Crippen LogP contribution in [0.2, 0.25) is 0 Å². The van der Waals surface area contributed by atoms with Crippen molar-refractivity contribution in [2.45, 2.75) is 92.9 Å². The van der Waals surface area contributed by atoms with Crippen molar-refractivity contribution in [2.75, 3.05) is 0 Å². The first-order valence-electron chi connectivity index (χ1n) is 10.4. The van der Waals surface area contributed by atoms with E-state index < -0.39 is 0 Å². The van der Waals surface area contributed by atoms with Gasteiger partial charge in [0, 0.05) is 0 Å². The van der Waals surface area contributed by atoms with Crippen LogP contribution in [-0.2, 0) is 19.4 Å². The van der Waals surface area contributed by atoms with Gasteiger partial charge < -0.3 is 0 Å². The number of rotatable bonds is 2. The fourth-order valence-electron chi connectivity index (χ4n) is 4.61. The summed E-state index contributed by atoms with van der Waals surface area (Å²) in [6.45, 7) is 13.5. The molecule has 0 N–H and O–H groups in total. The average Bonchev–Trinajstić information content (AvgIpc) is 2.58. The largest absolute Gasteiger partial charge is 0.358 e. The lowest BCUT2D eigenvalue weighted by molar-refractivity contribution is -0.266. The lowest BCUT2D eigenvalue weighted by Gasteiger charge is -2.36. The van der Waals surface area contributed by atoms with Crippen molar-refractivity contribution in [3.8, 4) is 0 Å². The molecule has 0 radical (unpaired) electrons. The van der Waals surface area contributed by atoms with Gasteiger partial charge in [-0.05, 0) is 74.0 Å². The van der Waals surface area contributed by atoms with Gasteiger partial charge in [-0.1, -0.05) is 41.5 Å². The van der Waals surface area contributed by atoms with Crippen LogP contribution in [0.15, 0.2) is 0 Å². The summed E-state index contributed by atoms with van der Waals surface area (Å²) in [4.78, 5) is 34.3. The molecule has 2 rings (SSSR count). The van der Waals surface area contributed by atoms with Crippen molar-refractivity contribution in [3.63, 3.8) is 0 Å². The Morgan fingerprint density at radius 3 is 1.08 bits per heavy atom. The van der Waals surface area contributed by atoms with Gasteiger partial charge in [-0.2, -0.15) is 0 Å². The van der Waals surface area contributed by atoms with E-state index in [9.17, 15) is 9.59 Å². The smallest absolute Gasteiger partial charge is 0.247 e. The van der Waals surface area contributed by atoms with Gasteiger partial charge in [0.15, 0.2) is 0 Å². The highest BCUT2D eigenvalue weighted by molar-refractivity contribution is 5.75. The summed E-state index contributed by atoms with van der Waals surface area (Å²) in [5, 5.41) is 0. The fourth-order valence-corrected chi connectivity index (χ4v) is 4.61. The minimum absolute atomic E-state index is 0.127. The highest BCUT2D eigenvalue weighted by atomic mass is 17.2. The first-order valence-corrected chi connectivity index (χ1v) is 10.4. The number of carbonyl (C=O) groups excluding carboxylic acids is 2. The van der Waals surface area contributed by atoms with E-state index >= 15 is 0 Å². The van der Waals surface area contributed by atoms with E-state index in [0.29, 0.717) is 11.8 Å². The second kappa shape index (κ2) is 8.31. The van der Waals surface area contributed by atoms with Crippen molar-refractivity contribution in [1.82, 2.24) is 0 Å². The Kier molecular flexibility index (Phi) is 6.79. The maximum absolute atomic E-state index is 12.2. The molecule has 0 aromatic heterocycles. The molecule has 150 valence electrons. The summed E-state index contributed by atoms with van der Waals surface area (Å²) in [5.41, 5.74) is 0.570. The van der Waals surface area contributed by atoms with Crippen LogP contribution in [0.25, 0.3) is 0 Å². The minimum Gasteiger partial charge on any atom is -0.247 e. The number of hydrogen-bond donors (Lipinski definition) is 0.